The molecular formula is C16H20N4O. The van der Waals surface area contributed by atoms with Gasteiger partial charge in [-0.2, -0.15) is 0 Å². The number of pyridine rings is 1. The molecule has 0 aliphatic rings. The van der Waals surface area contributed by atoms with Gasteiger partial charge in [-0.15, -0.1) is 0 Å². The monoisotopic (exact) mass is 284 g/mol. The molecule has 0 unspecified atom stereocenters. The molecule has 1 amide bonds. The fraction of sp³-hybridized carbons (Fsp3) is 0.250. The van der Waals surface area contributed by atoms with E-state index in [1.165, 1.54) is 6.20 Å². The Balaban J connectivity index is 2.26. The highest BCUT2D eigenvalue weighted by atomic mass is 16.1. The lowest BCUT2D eigenvalue weighted by Gasteiger charge is -2.14. The Hall–Kier alpha value is -2.40. The number of carbonyl (C=O) groups excluding carboxylic acids is 1. The fourth-order valence-corrected chi connectivity index (χ4v) is 2.19. The van der Waals surface area contributed by atoms with Crippen molar-refractivity contribution >= 4 is 17.3 Å². The number of carbonyl (C=O) groups is 1. The van der Waals surface area contributed by atoms with Crippen molar-refractivity contribution in [3.05, 3.63) is 53.3 Å². The molecule has 0 aliphatic carbocycles. The number of aryl methyl sites for hydroxylation is 2. The van der Waals surface area contributed by atoms with Crippen LogP contribution in [0.25, 0.3) is 0 Å². The summed E-state index contributed by atoms with van der Waals surface area (Å²) in [6.07, 6.45) is 3.27. The van der Waals surface area contributed by atoms with Crippen LogP contribution >= 0.6 is 0 Å². The van der Waals surface area contributed by atoms with Crippen LogP contribution in [-0.4, -0.2) is 10.9 Å². The Morgan fingerprint density at radius 2 is 1.81 bits per heavy atom. The number of rotatable bonds is 5. The predicted molar refractivity (Wildman–Crippen MR) is 85.2 cm³/mol. The van der Waals surface area contributed by atoms with Crippen molar-refractivity contribution in [3.63, 3.8) is 0 Å². The molecule has 110 valence electrons. The number of aromatic nitrogens is 1. The Bertz CT molecular complexity index is 600. The maximum absolute atomic E-state index is 12.3. The topological polar surface area (TPSA) is 80.0 Å². The number of benzene rings is 1. The number of hydrazine groups is 1. The van der Waals surface area contributed by atoms with Crippen molar-refractivity contribution < 1.29 is 4.79 Å². The summed E-state index contributed by atoms with van der Waals surface area (Å²) in [6.45, 7) is 4.15. The number of amides is 1. The second-order valence-electron chi connectivity index (χ2n) is 4.69. The number of nitrogens with two attached hydrogens (primary N) is 1. The van der Waals surface area contributed by atoms with Crippen LogP contribution in [0.3, 0.4) is 0 Å². The molecule has 1 heterocycles. The summed E-state index contributed by atoms with van der Waals surface area (Å²) in [5.74, 6) is 5.07. The van der Waals surface area contributed by atoms with Crippen LogP contribution in [0.15, 0.2) is 36.5 Å². The van der Waals surface area contributed by atoms with Gasteiger partial charge in [-0.25, -0.2) is 4.98 Å². The van der Waals surface area contributed by atoms with Gasteiger partial charge in [-0.1, -0.05) is 32.0 Å². The van der Waals surface area contributed by atoms with Gasteiger partial charge in [0, 0.05) is 5.69 Å². The lowest BCUT2D eigenvalue weighted by atomic mass is 10.0. The Morgan fingerprint density at radius 1 is 1.14 bits per heavy atom. The number of nitrogens with zero attached hydrogens (tertiary/aromatic N) is 1. The SMILES string of the molecule is CCc1cccc(CC)c1NC(=O)c1ccc(NN)cn1. The number of para-hydroxylation sites is 1. The molecule has 0 radical (unpaired) electrons. The highest BCUT2D eigenvalue weighted by Gasteiger charge is 2.12. The molecular weight excluding hydrogens is 264 g/mol. The molecule has 1 aromatic carbocycles. The third-order valence-electron chi connectivity index (χ3n) is 3.40. The van der Waals surface area contributed by atoms with E-state index in [2.05, 4.69) is 29.6 Å². The zero-order valence-corrected chi connectivity index (χ0v) is 12.3. The summed E-state index contributed by atoms with van der Waals surface area (Å²) in [6, 6.07) is 9.44. The van der Waals surface area contributed by atoms with Crippen molar-refractivity contribution in [3.8, 4) is 0 Å². The molecule has 0 atom stereocenters. The zero-order chi connectivity index (χ0) is 15.2. The van der Waals surface area contributed by atoms with Gasteiger partial charge in [0.15, 0.2) is 0 Å². The van der Waals surface area contributed by atoms with E-state index in [0.29, 0.717) is 11.4 Å². The van der Waals surface area contributed by atoms with Crippen LogP contribution in [0, 0.1) is 0 Å². The van der Waals surface area contributed by atoms with E-state index in [9.17, 15) is 4.79 Å². The van der Waals surface area contributed by atoms with Crippen molar-refractivity contribution in [2.75, 3.05) is 10.7 Å². The second-order valence-corrected chi connectivity index (χ2v) is 4.69. The minimum atomic E-state index is -0.214. The van der Waals surface area contributed by atoms with Gasteiger partial charge in [-0.05, 0) is 36.1 Å². The number of anilines is 2. The summed E-state index contributed by atoms with van der Waals surface area (Å²) in [5, 5.41) is 2.98. The fourth-order valence-electron chi connectivity index (χ4n) is 2.19. The summed E-state index contributed by atoms with van der Waals surface area (Å²) in [4.78, 5) is 16.4. The van der Waals surface area contributed by atoms with Gasteiger partial charge >= 0.3 is 0 Å². The van der Waals surface area contributed by atoms with E-state index < -0.39 is 0 Å². The maximum atomic E-state index is 12.3. The van der Waals surface area contributed by atoms with E-state index in [-0.39, 0.29) is 5.91 Å². The van der Waals surface area contributed by atoms with Crippen molar-refractivity contribution in [2.24, 2.45) is 5.84 Å². The van der Waals surface area contributed by atoms with E-state index in [4.69, 9.17) is 5.84 Å². The van der Waals surface area contributed by atoms with Gasteiger partial charge < -0.3 is 10.7 Å². The maximum Gasteiger partial charge on any atom is 0.274 e. The number of hydrogen-bond donors (Lipinski definition) is 3. The standard InChI is InChI=1S/C16H20N4O/c1-3-11-6-5-7-12(4-2)15(11)19-16(21)14-9-8-13(20-17)10-18-14/h5-10,20H,3-4,17H2,1-2H3,(H,19,21). The van der Waals surface area contributed by atoms with E-state index in [0.717, 1.165) is 29.7 Å². The Kier molecular flexibility index (Phi) is 4.90. The van der Waals surface area contributed by atoms with Crippen molar-refractivity contribution in [2.45, 2.75) is 26.7 Å². The first kappa shape index (κ1) is 15.0. The summed E-state index contributed by atoms with van der Waals surface area (Å²) < 4.78 is 0. The minimum absolute atomic E-state index is 0.214. The molecule has 2 aromatic rings. The molecule has 0 aliphatic heterocycles. The van der Waals surface area contributed by atoms with Crippen LogP contribution < -0.4 is 16.6 Å². The molecule has 0 fully saturated rings. The molecule has 2 rings (SSSR count). The lowest BCUT2D eigenvalue weighted by Crippen LogP contribution is -2.16. The predicted octanol–water partition coefficient (Wildman–Crippen LogP) is 2.74. The molecule has 4 N–H and O–H groups in total. The number of nitrogens with one attached hydrogen (secondary N) is 2. The molecule has 0 spiro atoms. The van der Waals surface area contributed by atoms with Gasteiger partial charge in [0.1, 0.15) is 5.69 Å². The van der Waals surface area contributed by atoms with E-state index in [1.54, 1.807) is 12.1 Å². The third kappa shape index (κ3) is 3.38. The van der Waals surface area contributed by atoms with Crippen molar-refractivity contribution in [1.29, 1.82) is 0 Å². The van der Waals surface area contributed by atoms with E-state index in [1.807, 2.05) is 18.2 Å². The third-order valence-corrected chi connectivity index (χ3v) is 3.40. The zero-order valence-electron chi connectivity index (χ0n) is 12.3. The first-order valence-electron chi connectivity index (χ1n) is 7.04. The Labute approximate surface area is 124 Å². The second kappa shape index (κ2) is 6.85. The summed E-state index contributed by atoms with van der Waals surface area (Å²) in [7, 11) is 0. The average Bonchev–Trinajstić information content (AvgIpc) is 2.55. The smallest absolute Gasteiger partial charge is 0.274 e. The highest BCUT2D eigenvalue weighted by molar-refractivity contribution is 6.03. The molecule has 5 nitrogen and oxygen atoms in total. The van der Waals surface area contributed by atoms with Crippen LogP contribution in [0.4, 0.5) is 11.4 Å². The number of nitrogen functional groups attached to an aromatic ring is 1. The Morgan fingerprint density at radius 3 is 2.29 bits per heavy atom. The highest BCUT2D eigenvalue weighted by Crippen LogP contribution is 2.23. The van der Waals surface area contributed by atoms with Gasteiger partial charge in [0.25, 0.3) is 5.91 Å². The minimum Gasteiger partial charge on any atom is -0.323 e. The quantitative estimate of drug-likeness (QED) is 0.582. The van der Waals surface area contributed by atoms with Gasteiger partial charge in [0.05, 0.1) is 11.9 Å². The molecule has 21 heavy (non-hydrogen) atoms. The van der Waals surface area contributed by atoms with E-state index >= 15 is 0 Å². The van der Waals surface area contributed by atoms with Gasteiger partial charge in [0.2, 0.25) is 0 Å². The normalized spacial score (nSPS) is 10.2. The molecule has 0 saturated heterocycles. The first-order valence-corrected chi connectivity index (χ1v) is 7.04. The summed E-state index contributed by atoms with van der Waals surface area (Å²) in [5.41, 5.74) is 6.66. The van der Waals surface area contributed by atoms with Crippen molar-refractivity contribution in [1.82, 2.24) is 4.98 Å². The van der Waals surface area contributed by atoms with Gasteiger partial charge in [-0.3, -0.25) is 10.6 Å². The summed E-state index contributed by atoms with van der Waals surface area (Å²) >= 11 is 0. The lowest BCUT2D eigenvalue weighted by molar-refractivity contribution is 0.102. The first-order chi connectivity index (χ1) is 10.2. The van der Waals surface area contributed by atoms with Crippen LogP contribution in [0.1, 0.15) is 35.5 Å². The largest absolute Gasteiger partial charge is 0.323 e. The molecule has 0 bridgehead atoms. The molecule has 5 heteroatoms. The van der Waals surface area contributed by atoms with Crippen LogP contribution in [0.5, 0.6) is 0 Å². The molecule has 1 aromatic heterocycles. The molecule has 0 saturated carbocycles. The van der Waals surface area contributed by atoms with Crippen LogP contribution in [-0.2, 0) is 12.8 Å². The average molecular weight is 284 g/mol. The number of hydrogen-bond acceptors (Lipinski definition) is 4. The van der Waals surface area contributed by atoms with Crippen LogP contribution in [0.2, 0.25) is 0 Å².